The van der Waals surface area contributed by atoms with E-state index in [1.54, 1.807) is 75.5 Å². The van der Waals surface area contributed by atoms with Crippen LogP contribution in [0.3, 0.4) is 0 Å². The van der Waals surface area contributed by atoms with Gasteiger partial charge in [-0.2, -0.15) is 18.2 Å². The van der Waals surface area contributed by atoms with Gasteiger partial charge in [-0.1, -0.05) is 19.3 Å². The van der Waals surface area contributed by atoms with Gasteiger partial charge >= 0.3 is 30.4 Å². The van der Waals surface area contributed by atoms with E-state index < -0.39 is 47.2 Å². The van der Waals surface area contributed by atoms with Crippen LogP contribution in [-0.4, -0.2) is 99.2 Å². The van der Waals surface area contributed by atoms with Crippen molar-refractivity contribution in [2.45, 2.75) is 150 Å². The van der Waals surface area contributed by atoms with Crippen LogP contribution < -0.4 is 21.0 Å². The van der Waals surface area contributed by atoms with E-state index in [0.717, 1.165) is 31.2 Å². The van der Waals surface area contributed by atoms with E-state index in [2.05, 4.69) is 25.6 Å². The predicted molar refractivity (Wildman–Crippen MR) is 223 cm³/mol. The minimum atomic E-state index is -5.11. The Kier molecular flexibility index (Phi) is 18.4. The number of nitrogens with zero attached hydrogens (tertiary/aromatic N) is 6. The maximum atomic E-state index is 13.3. The lowest BCUT2D eigenvalue weighted by atomic mass is 10.1. The molecule has 19 heteroatoms. The summed E-state index contributed by atoms with van der Waals surface area (Å²) in [6, 6.07) is 7.23. The predicted octanol–water partition coefficient (Wildman–Crippen LogP) is 7.88. The molecule has 2 heterocycles. The van der Waals surface area contributed by atoms with Crippen LogP contribution in [0.2, 0.25) is 0 Å². The molecule has 1 aromatic carbocycles. The number of amides is 4. The van der Waals surface area contributed by atoms with Crippen LogP contribution in [0, 0.1) is 0 Å². The number of guanidine groups is 1. The number of hydrogen-bond acceptors (Lipinski definition) is 10. The van der Waals surface area contributed by atoms with Gasteiger partial charge in [-0.15, -0.1) is 0 Å². The minimum Gasteiger partial charge on any atom is -0.494 e. The molecule has 340 valence electrons. The Morgan fingerprint density at radius 1 is 0.721 bits per heavy atom. The van der Waals surface area contributed by atoms with Crippen molar-refractivity contribution in [2.75, 3.05) is 26.2 Å². The molecule has 4 amide bonds. The highest BCUT2D eigenvalue weighted by molar-refractivity contribution is 6.07. The van der Waals surface area contributed by atoms with Gasteiger partial charge in [0.1, 0.15) is 28.4 Å². The maximum absolute atomic E-state index is 13.3. The Morgan fingerprint density at radius 2 is 1.25 bits per heavy atom. The zero-order valence-electron chi connectivity index (χ0n) is 36.9. The van der Waals surface area contributed by atoms with Gasteiger partial charge in [-0.05, 0) is 119 Å². The third kappa shape index (κ3) is 19.3. The standard InChI is InChI=1S/C42H63F3N8O8/c1-39(2,3)59-36(55)49-34(50-37(56)60-40(4,5)6)47-22-13-11-10-12-14-24-51-27-28-52(35(51)48-33(54)42(43,44)45)25-15-16-29-58-31-20-18-30(19-21-31)32-46-23-17-26-53(32)38(57)61-41(7,8)9/h18-21,27-28H,10-17,22-26,29H2,1-9H3,(H2,47,49,50,55,56). The van der Waals surface area contributed by atoms with Crippen LogP contribution in [-0.2, 0) is 32.1 Å². The first-order valence-corrected chi connectivity index (χ1v) is 20.6. The summed E-state index contributed by atoms with van der Waals surface area (Å²) in [5.74, 6) is -1.13. The number of hydrogen-bond donors (Lipinski definition) is 2. The summed E-state index contributed by atoms with van der Waals surface area (Å²) in [4.78, 5) is 63.2. The van der Waals surface area contributed by atoms with Gasteiger partial charge in [0.25, 0.3) is 0 Å². The molecule has 0 bridgehead atoms. The van der Waals surface area contributed by atoms with Crippen molar-refractivity contribution in [2.24, 2.45) is 15.0 Å². The van der Waals surface area contributed by atoms with Crippen LogP contribution in [0.1, 0.15) is 119 Å². The van der Waals surface area contributed by atoms with Crippen LogP contribution in [0.15, 0.2) is 51.6 Å². The molecule has 0 atom stereocenters. The number of aromatic nitrogens is 2. The lowest BCUT2D eigenvalue weighted by Crippen LogP contribution is -2.47. The van der Waals surface area contributed by atoms with Crippen LogP contribution in [0.25, 0.3) is 0 Å². The molecule has 1 aromatic heterocycles. The molecule has 2 aromatic rings. The number of aryl methyl sites for hydroxylation is 2. The van der Waals surface area contributed by atoms with E-state index in [-0.39, 0.29) is 18.1 Å². The smallest absolute Gasteiger partial charge is 0.473 e. The average molecular weight is 865 g/mol. The molecule has 0 spiro atoms. The van der Waals surface area contributed by atoms with Crippen molar-refractivity contribution >= 4 is 36.0 Å². The summed E-state index contributed by atoms with van der Waals surface area (Å²) in [6.07, 6.45) is 1.46. The van der Waals surface area contributed by atoms with E-state index >= 15 is 0 Å². The first-order valence-electron chi connectivity index (χ1n) is 20.6. The molecule has 16 nitrogen and oxygen atoms in total. The molecule has 0 unspecified atom stereocenters. The van der Waals surface area contributed by atoms with Gasteiger partial charge in [0.15, 0.2) is 0 Å². The molecule has 1 aliphatic heterocycles. The second-order valence-corrected chi connectivity index (χ2v) is 17.4. The number of amidine groups is 1. The maximum Gasteiger partial charge on any atom is 0.473 e. The lowest BCUT2D eigenvalue weighted by molar-refractivity contribution is -0.169. The first kappa shape index (κ1) is 50.0. The van der Waals surface area contributed by atoms with Crippen molar-refractivity contribution in [1.82, 2.24) is 24.7 Å². The molecular formula is C42H63F3N8O8. The van der Waals surface area contributed by atoms with Gasteiger partial charge in [0.05, 0.1) is 6.61 Å². The lowest BCUT2D eigenvalue weighted by Gasteiger charge is -2.30. The van der Waals surface area contributed by atoms with Crippen LogP contribution in [0.5, 0.6) is 5.75 Å². The number of imidazole rings is 1. The fraction of sp³-hybridized carbons (Fsp3) is 0.643. The molecule has 2 N–H and O–H groups in total. The fourth-order valence-corrected chi connectivity index (χ4v) is 5.74. The quantitative estimate of drug-likeness (QED) is 0.0786. The second kappa shape index (κ2) is 22.5. The van der Waals surface area contributed by atoms with E-state index in [1.165, 1.54) is 4.57 Å². The Bertz CT molecular complexity index is 1870. The molecule has 61 heavy (non-hydrogen) atoms. The number of unbranched alkanes of at least 4 members (excludes halogenated alkanes) is 5. The Morgan fingerprint density at radius 3 is 1.79 bits per heavy atom. The minimum absolute atomic E-state index is 0.0817. The van der Waals surface area contributed by atoms with E-state index in [9.17, 15) is 32.3 Å². The van der Waals surface area contributed by atoms with Crippen molar-refractivity contribution in [3.8, 4) is 5.75 Å². The second-order valence-electron chi connectivity index (χ2n) is 17.4. The van der Waals surface area contributed by atoms with E-state index in [4.69, 9.17) is 18.9 Å². The molecular weight excluding hydrogens is 802 g/mol. The van der Waals surface area contributed by atoms with Crippen LogP contribution in [0.4, 0.5) is 27.6 Å². The number of halogens is 3. The van der Waals surface area contributed by atoms with Gasteiger partial charge in [0, 0.05) is 50.7 Å². The average Bonchev–Trinajstić information content (AvgIpc) is 3.50. The molecule has 0 aliphatic carbocycles. The highest BCUT2D eigenvalue weighted by Gasteiger charge is 2.39. The summed E-state index contributed by atoms with van der Waals surface area (Å²) in [5.41, 5.74) is -1.49. The SMILES string of the molecule is CC(C)(C)OC(=O)NC(=NCCCCCCCn1ccn(CCCCOc2ccc(C3=NCCCN3C(=O)OC(C)(C)C)cc2)c1=NC(=O)C(F)(F)F)NC(=O)OC(C)(C)C. The fourth-order valence-electron chi connectivity index (χ4n) is 5.74. The molecule has 0 fully saturated rings. The Hall–Kier alpha value is -5.36. The first-order chi connectivity index (χ1) is 28.4. The number of rotatable bonds is 15. The van der Waals surface area contributed by atoms with Gasteiger partial charge in [0.2, 0.25) is 11.6 Å². The van der Waals surface area contributed by atoms with E-state index in [0.29, 0.717) is 70.1 Å². The van der Waals surface area contributed by atoms with Crippen molar-refractivity contribution < 1.29 is 51.3 Å². The number of alkyl halides is 3. The van der Waals surface area contributed by atoms with Crippen LogP contribution >= 0.6 is 0 Å². The Labute approximate surface area is 356 Å². The van der Waals surface area contributed by atoms with Crippen molar-refractivity contribution in [3.63, 3.8) is 0 Å². The third-order valence-corrected chi connectivity index (χ3v) is 8.30. The molecule has 0 radical (unpaired) electrons. The topological polar surface area (TPSA) is 179 Å². The van der Waals surface area contributed by atoms with Crippen molar-refractivity contribution in [1.29, 1.82) is 0 Å². The molecule has 1 aliphatic rings. The molecule has 3 rings (SSSR count). The van der Waals surface area contributed by atoms with E-state index in [1.807, 2.05) is 32.9 Å². The number of carbonyl (C=O) groups is 4. The summed E-state index contributed by atoms with van der Waals surface area (Å²) in [7, 11) is 0. The highest BCUT2D eigenvalue weighted by Crippen LogP contribution is 2.20. The number of carbonyl (C=O) groups excluding carboxylic acids is 4. The number of alkyl carbamates (subject to hydrolysis) is 2. The summed E-state index contributed by atoms with van der Waals surface area (Å²) in [5, 5.41) is 4.88. The monoisotopic (exact) mass is 864 g/mol. The molecule has 0 saturated carbocycles. The normalized spacial score (nSPS) is 13.9. The van der Waals surface area contributed by atoms with Gasteiger partial charge in [-0.3, -0.25) is 30.3 Å². The number of ether oxygens (including phenoxy) is 4. The highest BCUT2D eigenvalue weighted by atomic mass is 19.4. The van der Waals surface area contributed by atoms with Gasteiger partial charge in [-0.25, -0.2) is 14.4 Å². The summed E-state index contributed by atoms with van der Waals surface area (Å²) >= 11 is 0. The summed E-state index contributed by atoms with van der Waals surface area (Å²) < 4.78 is 64.8. The largest absolute Gasteiger partial charge is 0.494 e. The number of nitrogens with one attached hydrogen (secondary N) is 2. The van der Waals surface area contributed by atoms with Gasteiger partial charge < -0.3 is 28.1 Å². The number of benzene rings is 1. The third-order valence-electron chi connectivity index (χ3n) is 8.30. The zero-order valence-corrected chi connectivity index (χ0v) is 36.9. The van der Waals surface area contributed by atoms with Crippen molar-refractivity contribution in [3.05, 3.63) is 47.8 Å². The number of aliphatic imine (C=N–C) groups is 2. The Balaban J connectivity index is 1.50. The zero-order chi connectivity index (χ0) is 45.4. The summed E-state index contributed by atoms with van der Waals surface area (Å²) in [6.45, 7) is 18.1. The molecule has 0 saturated heterocycles.